The first-order valence-corrected chi connectivity index (χ1v) is 6.63. The van der Waals surface area contributed by atoms with E-state index in [4.69, 9.17) is 4.52 Å². The van der Waals surface area contributed by atoms with Crippen molar-refractivity contribution >= 4 is 6.01 Å². The highest BCUT2D eigenvalue weighted by molar-refractivity contribution is 5.19. The molecular weight excluding hydrogens is 242 g/mol. The van der Waals surface area contributed by atoms with Crippen molar-refractivity contribution in [3.05, 3.63) is 24.0 Å². The standard InChI is InChI=1S/C13H21N5O/c1-9(2)8-18-6-5-14-11(18)7-15-13-16-12(10(3)4)17-19-13/h5-6,9-10H,7-8H2,1-4H3,(H,15,16,17). The van der Waals surface area contributed by atoms with E-state index < -0.39 is 0 Å². The Morgan fingerprint density at radius 2 is 2.11 bits per heavy atom. The van der Waals surface area contributed by atoms with E-state index in [9.17, 15) is 0 Å². The van der Waals surface area contributed by atoms with E-state index in [0.717, 1.165) is 12.4 Å². The molecule has 0 saturated heterocycles. The number of anilines is 1. The van der Waals surface area contributed by atoms with Gasteiger partial charge in [0.25, 0.3) is 0 Å². The molecule has 2 aromatic heterocycles. The quantitative estimate of drug-likeness (QED) is 0.867. The second-order valence-electron chi connectivity index (χ2n) is 5.36. The molecule has 0 radical (unpaired) electrons. The zero-order valence-corrected chi connectivity index (χ0v) is 11.9. The van der Waals surface area contributed by atoms with Gasteiger partial charge in [0.2, 0.25) is 0 Å². The summed E-state index contributed by atoms with van der Waals surface area (Å²) < 4.78 is 7.27. The van der Waals surface area contributed by atoms with Crippen molar-refractivity contribution in [1.82, 2.24) is 19.7 Å². The first kappa shape index (κ1) is 13.6. The lowest BCUT2D eigenvalue weighted by atomic mass is 10.2. The van der Waals surface area contributed by atoms with Crippen LogP contribution < -0.4 is 5.32 Å². The summed E-state index contributed by atoms with van der Waals surface area (Å²) in [4.78, 5) is 8.61. The van der Waals surface area contributed by atoms with Crippen LogP contribution in [-0.4, -0.2) is 19.7 Å². The molecule has 0 saturated carbocycles. The summed E-state index contributed by atoms with van der Waals surface area (Å²) in [7, 11) is 0. The molecule has 0 aromatic carbocycles. The minimum absolute atomic E-state index is 0.266. The lowest BCUT2D eigenvalue weighted by Crippen LogP contribution is -2.11. The van der Waals surface area contributed by atoms with Gasteiger partial charge in [-0.25, -0.2) is 4.98 Å². The minimum Gasteiger partial charge on any atom is -0.333 e. The van der Waals surface area contributed by atoms with E-state index in [0.29, 0.717) is 24.3 Å². The lowest BCUT2D eigenvalue weighted by molar-refractivity contribution is 0.418. The van der Waals surface area contributed by atoms with Crippen LogP contribution in [0.5, 0.6) is 0 Å². The van der Waals surface area contributed by atoms with Crippen LogP contribution in [0.25, 0.3) is 0 Å². The van der Waals surface area contributed by atoms with Crippen LogP contribution in [0.15, 0.2) is 16.9 Å². The Labute approximate surface area is 113 Å². The summed E-state index contributed by atoms with van der Waals surface area (Å²) in [5, 5.41) is 7.02. The average Bonchev–Trinajstić information content (AvgIpc) is 2.94. The van der Waals surface area contributed by atoms with Gasteiger partial charge in [-0.15, -0.1) is 0 Å². The van der Waals surface area contributed by atoms with E-state index in [2.05, 4.69) is 38.9 Å². The molecule has 0 unspecified atom stereocenters. The molecule has 0 aliphatic carbocycles. The first-order chi connectivity index (χ1) is 9.06. The molecule has 2 heterocycles. The smallest absolute Gasteiger partial charge is 0.321 e. The Morgan fingerprint density at radius 1 is 1.32 bits per heavy atom. The molecule has 0 spiro atoms. The number of imidazole rings is 1. The monoisotopic (exact) mass is 263 g/mol. The summed E-state index contributed by atoms with van der Waals surface area (Å²) in [6.45, 7) is 9.97. The van der Waals surface area contributed by atoms with Gasteiger partial charge in [-0.2, -0.15) is 4.98 Å². The molecule has 0 atom stereocenters. The van der Waals surface area contributed by atoms with Crippen molar-refractivity contribution in [2.75, 3.05) is 5.32 Å². The summed E-state index contributed by atoms with van der Waals surface area (Å²) in [5.41, 5.74) is 0. The van der Waals surface area contributed by atoms with Gasteiger partial charge in [0.05, 0.1) is 6.54 Å². The highest BCUT2D eigenvalue weighted by Gasteiger charge is 2.10. The number of rotatable bonds is 6. The second-order valence-corrected chi connectivity index (χ2v) is 5.36. The summed E-state index contributed by atoms with van der Waals surface area (Å²) in [6.07, 6.45) is 3.80. The van der Waals surface area contributed by atoms with Gasteiger partial charge >= 0.3 is 6.01 Å². The van der Waals surface area contributed by atoms with Crippen LogP contribution in [0.3, 0.4) is 0 Å². The van der Waals surface area contributed by atoms with Crippen molar-refractivity contribution in [2.24, 2.45) is 5.92 Å². The Morgan fingerprint density at radius 3 is 2.74 bits per heavy atom. The average molecular weight is 263 g/mol. The van der Waals surface area contributed by atoms with Crippen molar-refractivity contribution in [1.29, 1.82) is 0 Å². The van der Waals surface area contributed by atoms with E-state index in [1.165, 1.54) is 0 Å². The Hall–Kier alpha value is -1.85. The third-order valence-corrected chi connectivity index (χ3v) is 2.72. The van der Waals surface area contributed by atoms with Gasteiger partial charge in [-0.3, -0.25) is 0 Å². The van der Waals surface area contributed by atoms with Crippen LogP contribution in [-0.2, 0) is 13.1 Å². The molecule has 104 valence electrons. The molecule has 0 fully saturated rings. The lowest BCUT2D eigenvalue weighted by Gasteiger charge is -2.09. The fourth-order valence-electron chi connectivity index (χ4n) is 1.76. The zero-order valence-electron chi connectivity index (χ0n) is 11.9. The third-order valence-electron chi connectivity index (χ3n) is 2.72. The molecule has 0 aliphatic rings. The maximum absolute atomic E-state index is 5.14. The van der Waals surface area contributed by atoms with Crippen molar-refractivity contribution in [2.45, 2.75) is 46.7 Å². The fraction of sp³-hybridized carbons (Fsp3) is 0.615. The summed E-state index contributed by atoms with van der Waals surface area (Å²) in [5.74, 6) is 2.54. The zero-order chi connectivity index (χ0) is 13.8. The second kappa shape index (κ2) is 5.86. The molecule has 0 bridgehead atoms. The number of hydrogen-bond donors (Lipinski definition) is 1. The number of aromatic nitrogens is 4. The van der Waals surface area contributed by atoms with Crippen LogP contribution in [0.2, 0.25) is 0 Å². The Balaban J connectivity index is 1.96. The van der Waals surface area contributed by atoms with Crippen LogP contribution in [0, 0.1) is 5.92 Å². The van der Waals surface area contributed by atoms with Gasteiger partial charge in [0.15, 0.2) is 5.82 Å². The van der Waals surface area contributed by atoms with Crippen molar-refractivity contribution in [3.63, 3.8) is 0 Å². The van der Waals surface area contributed by atoms with Gasteiger partial charge < -0.3 is 14.4 Å². The van der Waals surface area contributed by atoms with Crippen LogP contribution >= 0.6 is 0 Å². The minimum atomic E-state index is 0.266. The topological polar surface area (TPSA) is 68.8 Å². The molecule has 2 aromatic rings. The Kier molecular flexibility index (Phi) is 4.19. The molecule has 2 rings (SSSR count). The van der Waals surface area contributed by atoms with Gasteiger partial charge in [-0.1, -0.05) is 32.9 Å². The van der Waals surface area contributed by atoms with Crippen molar-refractivity contribution < 1.29 is 4.52 Å². The first-order valence-electron chi connectivity index (χ1n) is 6.63. The molecule has 0 aliphatic heterocycles. The van der Waals surface area contributed by atoms with E-state index >= 15 is 0 Å². The van der Waals surface area contributed by atoms with Crippen molar-refractivity contribution in [3.8, 4) is 0 Å². The van der Waals surface area contributed by atoms with Gasteiger partial charge in [-0.05, 0) is 5.92 Å². The molecule has 6 heteroatoms. The molecular formula is C13H21N5O. The molecule has 1 N–H and O–H groups in total. The van der Waals surface area contributed by atoms with Gasteiger partial charge in [0.1, 0.15) is 5.82 Å². The molecule has 6 nitrogen and oxygen atoms in total. The van der Waals surface area contributed by atoms with E-state index in [1.807, 2.05) is 26.2 Å². The van der Waals surface area contributed by atoms with Crippen LogP contribution in [0.1, 0.15) is 45.3 Å². The molecule has 0 amide bonds. The maximum atomic E-state index is 5.14. The highest BCUT2D eigenvalue weighted by atomic mass is 16.5. The number of nitrogens with zero attached hydrogens (tertiary/aromatic N) is 4. The summed E-state index contributed by atoms with van der Waals surface area (Å²) >= 11 is 0. The van der Waals surface area contributed by atoms with Crippen LogP contribution in [0.4, 0.5) is 6.01 Å². The highest BCUT2D eigenvalue weighted by Crippen LogP contribution is 2.13. The van der Waals surface area contributed by atoms with E-state index in [-0.39, 0.29) is 5.92 Å². The predicted octanol–water partition coefficient (Wildman–Crippen LogP) is 2.66. The maximum Gasteiger partial charge on any atom is 0.321 e. The number of nitrogens with one attached hydrogen (secondary N) is 1. The normalized spacial score (nSPS) is 11.5. The third kappa shape index (κ3) is 3.56. The SMILES string of the molecule is CC(C)Cn1ccnc1CNc1nc(C(C)C)no1. The molecule has 19 heavy (non-hydrogen) atoms. The predicted molar refractivity (Wildman–Crippen MR) is 72.8 cm³/mol. The fourth-order valence-corrected chi connectivity index (χ4v) is 1.76. The summed E-state index contributed by atoms with van der Waals surface area (Å²) in [6, 6.07) is 0.447. The van der Waals surface area contributed by atoms with E-state index in [1.54, 1.807) is 0 Å². The largest absolute Gasteiger partial charge is 0.333 e. The Bertz CT molecular complexity index is 515. The van der Waals surface area contributed by atoms with Gasteiger partial charge in [0, 0.05) is 24.9 Å². The number of hydrogen-bond acceptors (Lipinski definition) is 5.